The molecule has 0 radical (unpaired) electrons. The van der Waals surface area contributed by atoms with Gasteiger partial charge in [-0.2, -0.15) is 0 Å². The van der Waals surface area contributed by atoms with Gasteiger partial charge in [-0.05, 0) is 98.3 Å². The maximum Gasteiger partial charge on any atom is 0.266 e. The summed E-state index contributed by atoms with van der Waals surface area (Å²) in [4.78, 5) is 20.4. The summed E-state index contributed by atoms with van der Waals surface area (Å²) < 4.78 is 3.25. The third kappa shape index (κ3) is 4.72. The van der Waals surface area contributed by atoms with E-state index in [0.29, 0.717) is 21.6 Å². The molecule has 1 aliphatic heterocycles. The predicted octanol–water partition coefficient (Wildman–Crippen LogP) is 7.52. The lowest BCUT2D eigenvalue weighted by atomic mass is 10.2. The molecule has 4 rings (SSSR count). The molecule has 1 fully saturated rings. The molecule has 0 bridgehead atoms. The van der Waals surface area contributed by atoms with Gasteiger partial charge in [-0.15, -0.1) is 0 Å². The molecule has 1 aromatic heterocycles. The molecule has 0 aliphatic carbocycles. The molecule has 2 heterocycles. The summed E-state index contributed by atoms with van der Waals surface area (Å²) in [6.07, 6.45) is 2.84. The van der Waals surface area contributed by atoms with Gasteiger partial charge in [0.2, 0.25) is 0 Å². The second-order valence-corrected chi connectivity index (χ2v) is 9.94. The number of hydrogen-bond acceptors (Lipinski definition) is 3. The van der Waals surface area contributed by atoms with E-state index < -0.39 is 0 Å². The average molecular weight is 529 g/mol. The number of aromatic nitrogens is 1. The van der Waals surface area contributed by atoms with Crippen molar-refractivity contribution in [2.45, 2.75) is 27.2 Å². The van der Waals surface area contributed by atoms with Gasteiger partial charge in [0.15, 0.2) is 5.17 Å². The van der Waals surface area contributed by atoms with Gasteiger partial charge in [0.25, 0.3) is 5.91 Å². The second-order valence-electron chi connectivity index (χ2n) is 7.58. The van der Waals surface area contributed by atoms with E-state index in [-0.39, 0.29) is 5.91 Å². The van der Waals surface area contributed by atoms with Crippen molar-refractivity contribution < 1.29 is 4.79 Å². The molecule has 4 nitrogen and oxygen atoms in total. The first kappa shape index (κ1) is 22.9. The zero-order chi connectivity index (χ0) is 22.8. The zero-order valence-corrected chi connectivity index (χ0v) is 21.3. The van der Waals surface area contributed by atoms with E-state index in [1.165, 1.54) is 11.8 Å². The lowest BCUT2D eigenvalue weighted by molar-refractivity contribution is -0.122. The standard InChI is InChI=1S/C25H23BrClN3OS/c1-4-13-29-24(31)23(32-25(29)28-21-9-7-20(27)8-10-21)15-18-14-16(2)30(17(18)3)22-11-5-19(26)6-12-22/h5-12,14-15H,4,13H2,1-3H3/b23-15-,28-25?. The number of rotatable bonds is 5. The lowest BCUT2D eigenvalue weighted by Crippen LogP contribution is -2.29. The smallest absolute Gasteiger partial charge is 0.266 e. The molecule has 7 heteroatoms. The van der Waals surface area contributed by atoms with Crippen LogP contribution in [0.2, 0.25) is 5.02 Å². The Bertz CT molecular complexity index is 1210. The summed E-state index contributed by atoms with van der Waals surface area (Å²) in [6, 6.07) is 17.7. The predicted molar refractivity (Wildman–Crippen MR) is 139 cm³/mol. The van der Waals surface area contributed by atoms with Gasteiger partial charge in [0.1, 0.15) is 0 Å². The van der Waals surface area contributed by atoms with Crippen molar-refractivity contribution in [1.29, 1.82) is 0 Å². The van der Waals surface area contributed by atoms with Gasteiger partial charge in [-0.25, -0.2) is 4.99 Å². The van der Waals surface area contributed by atoms with Crippen LogP contribution in [0.15, 0.2) is 69.0 Å². The fraction of sp³-hybridized carbons (Fsp3) is 0.200. The fourth-order valence-electron chi connectivity index (χ4n) is 3.70. The van der Waals surface area contributed by atoms with E-state index in [1.54, 1.807) is 17.0 Å². The van der Waals surface area contributed by atoms with Crippen molar-refractivity contribution in [3.05, 3.63) is 85.9 Å². The Morgan fingerprint density at radius 3 is 2.44 bits per heavy atom. The van der Waals surface area contributed by atoms with Crippen molar-refractivity contribution in [2.24, 2.45) is 4.99 Å². The fourth-order valence-corrected chi connectivity index (χ4v) is 5.11. The molecule has 32 heavy (non-hydrogen) atoms. The normalized spacial score (nSPS) is 16.5. The number of carbonyl (C=O) groups is 1. The highest BCUT2D eigenvalue weighted by atomic mass is 79.9. The second kappa shape index (κ2) is 9.69. The summed E-state index contributed by atoms with van der Waals surface area (Å²) >= 11 is 10.9. The van der Waals surface area contributed by atoms with Gasteiger partial charge >= 0.3 is 0 Å². The number of amides is 1. The zero-order valence-electron chi connectivity index (χ0n) is 18.1. The van der Waals surface area contributed by atoms with Gasteiger partial charge in [0.05, 0.1) is 10.6 Å². The summed E-state index contributed by atoms with van der Waals surface area (Å²) in [7, 11) is 0. The molecule has 0 atom stereocenters. The molecular weight excluding hydrogens is 506 g/mol. The first-order chi connectivity index (χ1) is 15.4. The summed E-state index contributed by atoms with van der Waals surface area (Å²) in [5, 5.41) is 1.36. The van der Waals surface area contributed by atoms with E-state index in [2.05, 4.69) is 59.5 Å². The average Bonchev–Trinajstić information content (AvgIpc) is 3.21. The van der Waals surface area contributed by atoms with E-state index in [0.717, 1.165) is 39.2 Å². The van der Waals surface area contributed by atoms with Gasteiger partial charge in [0, 0.05) is 33.1 Å². The van der Waals surface area contributed by atoms with Crippen LogP contribution in [0.1, 0.15) is 30.3 Å². The number of amidine groups is 1. The minimum absolute atomic E-state index is 0.00184. The summed E-state index contributed by atoms with van der Waals surface area (Å²) in [5.41, 5.74) is 5.12. The van der Waals surface area contributed by atoms with Gasteiger partial charge in [-0.3, -0.25) is 9.69 Å². The van der Waals surface area contributed by atoms with Crippen LogP contribution in [0.5, 0.6) is 0 Å². The van der Waals surface area contributed by atoms with Crippen molar-refractivity contribution >= 4 is 62.1 Å². The highest BCUT2D eigenvalue weighted by Crippen LogP contribution is 2.35. The maximum atomic E-state index is 13.2. The van der Waals surface area contributed by atoms with Crippen LogP contribution in [-0.2, 0) is 4.79 Å². The number of halogens is 2. The topological polar surface area (TPSA) is 37.6 Å². The third-order valence-corrected chi connectivity index (χ3v) is 7.02. The first-order valence-electron chi connectivity index (χ1n) is 10.4. The van der Waals surface area contributed by atoms with Crippen LogP contribution in [0.4, 0.5) is 5.69 Å². The molecule has 3 aromatic rings. The number of nitrogens with zero attached hydrogens (tertiary/aromatic N) is 3. The lowest BCUT2D eigenvalue weighted by Gasteiger charge is -2.13. The van der Waals surface area contributed by atoms with Crippen molar-refractivity contribution in [1.82, 2.24) is 9.47 Å². The SMILES string of the molecule is CCCN1C(=O)/C(=C/c2cc(C)n(-c3ccc(Br)cc3)c2C)SC1=Nc1ccc(Cl)cc1. The molecular formula is C25H23BrClN3OS. The van der Waals surface area contributed by atoms with Gasteiger partial charge < -0.3 is 4.57 Å². The van der Waals surface area contributed by atoms with Crippen LogP contribution in [0.25, 0.3) is 11.8 Å². The molecule has 1 aliphatic rings. The van der Waals surface area contributed by atoms with Crippen LogP contribution in [0.3, 0.4) is 0 Å². The number of aliphatic imine (C=N–C) groups is 1. The quantitative estimate of drug-likeness (QED) is 0.321. The number of hydrogen-bond donors (Lipinski definition) is 0. The Hall–Kier alpha value is -2.28. The van der Waals surface area contributed by atoms with Crippen LogP contribution < -0.4 is 0 Å². The molecule has 0 spiro atoms. The van der Waals surface area contributed by atoms with Crippen molar-refractivity contribution in [3.8, 4) is 5.69 Å². The summed E-state index contributed by atoms with van der Waals surface area (Å²) in [6.45, 7) is 6.86. The maximum absolute atomic E-state index is 13.2. The largest absolute Gasteiger partial charge is 0.318 e. The Labute approximate surface area is 206 Å². The van der Waals surface area contributed by atoms with E-state index >= 15 is 0 Å². The molecule has 0 N–H and O–H groups in total. The number of carbonyl (C=O) groups excluding carboxylic acids is 1. The molecule has 164 valence electrons. The van der Waals surface area contributed by atoms with Crippen molar-refractivity contribution in [2.75, 3.05) is 6.54 Å². The molecule has 2 aromatic carbocycles. The molecule has 0 saturated carbocycles. The molecule has 0 unspecified atom stereocenters. The van der Waals surface area contributed by atoms with Crippen LogP contribution >= 0.6 is 39.3 Å². The Balaban J connectivity index is 1.69. The summed E-state index contributed by atoms with van der Waals surface area (Å²) in [5.74, 6) is -0.00184. The van der Waals surface area contributed by atoms with E-state index in [1.807, 2.05) is 30.3 Å². The highest BCUT2D eigenvalue weighted by molar-refractivity contribution is 9.10. The first-order valence-corrected chi connectivity index (χ1v) is 12.4. The minimum atomic E-state index is -0.00184. The Morgan fingerprint density at radius 2 is 1.78 bits per heavy atom. The molecule has 1 amide bonds. The molecule has 1 saturated heterocycles. The van der Waals surface area contributed by atoms with E-state index in [9.17, 15) is 4.79 Å². The highest BCUT2D eigenvalue weighted by Gasteiger charge is 2.33. The third-order valence-electron chi connectivity index (χ3n) is 5.23. The van der Waals surface area contributed by atoms with E-state index in [4.69, 9.17) is 16.6 Å². The van der Waals surface area contributed by atoms with Gasteiger partial charge in [-0.1, -0.05) is 34.5 Å². The number of aryl methyl sites for hydroxylation is 1. The number of thioether (sulfide) groups is 1. The number of benzene rings is 2. The monoisotopic (exact) mass is 527 g/mol. The Kier molecular flexibility index (Phi) is 6.93. The van der Waals surface area contributed by atoms with Crippen molar-refractivity contribution in [3.63, 3.8) is 0 Å². The Morgan fingerprint density at radius 1 is 1.09 bits per heavy atom. The minimum Gasteiger partial charge on any atom is -0.318 e. The van der Waals surface area contributed by atoms with Crippen LogP contribution in [-0.4, -0.2) is 27.1 Å². The van der Waals surface area contributed by atoms with Crippen LogP contribution in [0, 0.1) is 13.8 Å².